The van der Waals surface area contributed by atoms with Gasteiger partial charge in [0, 0.05) is 18.7 Å². The summed E-state index contributed by atoms with van der Waals surface area (Å²) in [4.78, 5) is 10.1. The highest BCUT2D eigenvalue weighted by atomic mass is 16.6. The first kappa shape index (κ1) is 12.0. The van der Waals surface area contributed by atoms with Crippen molar-refractivity contribution in [2.45, 2.75) is 32.2 Å². The van der Waals surface area contributed by atoms with Crippen LogP contribution in [0.25, 0.3) is 0 Å². The van der Waals surface area contributed by atoms with E-state index in [4.69, 9.17) is 0 Å². The Morgan fingerprint density at radius 1 is 1.24 bits per heavy atom. The predicted molar refractivity (Wildman–Crippen MR) is 66.8 cm³/mol. The number of nitro benzene ring substituents is 1. The van der Waals surface area contributed by atoms with Crippen molar-refractivity contribution >= 4 is 5.69 Å². The van der Waals surface area contributed by atoms with Gasteiger partial charge in [0.2, 0.25) is 0 Å². The fraction of sp³-hybridized carbons (Fsp3) is 0.538. The zero-order valence-electron chi connectivity index (χ0n) is 9.89. The average Bonchev–Trinajstić information content (AvgIpc) is 2.83. The van der Waals surface area contributed by atoms with Crippen LogP contribution < -0.4 is 5.32 Å². The van der Waals surface area contributed by atoms with Crippen molar-refractivity contribution in [1.82, 2.24) is 5.32 Å². The normalized spacial score (nSPS) is 16.2. The van der Waals surface area contributed by atoms with Crippen molar-refractivity contribution in [2.24, 2.45) is 5.92 Å². The second-order valence-electron chi connectivity index (χ2n) is 4.70. The molecule has 0 heterocycles. The van der Waals surface area contributed by atoms with Crippen LogP contribution in [0.5, 0.6) is 0 Å². The fourth-order valence-corrected chi connectivity index (χ4v) is 2.37. The Labute approximate surface area is 101 Å². The van der Waals surface area contributed by atoms with E-state index in [1.165, 1.54) is 25.7 Å². The van der Waals surface area contributed by atoms with Gasteiger partial charge in [0.1, 0.15) is 0 Å². The summed E-state index contributed by atoms with van der Waals surface area (Å²) in [5.74, 6) is 0.827. The minimum absolute atomic E-state index is 0.157. The molecule has 0 atom stereocenters. The molecule has 1 N–H and O–H groups in total. The minimum Gasteiger partial charge on any atom is -0.312 e. The maximum atomic E-state index is 10.5. The number of hydrogen-bond acceptors (Lipinski definition) is 3. The van der Waals surface area contributed by atoms with E-state index in [0.29, 0.717) is 0 Å². The topological polar surface area (TPSA) is 55.2 Å². The lowest BCUT2D eigenvalue weighted by Crippen LogP contribution is -2.20. The molecule has 0 amide bonds. The molecule has 0 spiro atoms. The molecule has 0 unspecified atom stereocenters. The van der Waals surface area contributed by atoms with Gasteiger partial charge >= 0.3 is 0 Å². The van der Waals surface area contributed by atoms with Crippen LogP contribution in [0, 0.1) is 16.0 Å². The molecule has 92 valence electrons. The first-order valence-electron chi connectivity index (χ1n) is 6.20. The third-order valence-electron chi connectivity index (χ3n) is 3.38. The lowest BCUT2D eigenvalue weighted by molar-refractivity contribution is -0.384. The average molecular weight is 234 g/mol. The molecule has 1 aliphatic carbocycles. The summed E-state index contributed by atoms with van der Waals surface area (Å²) < 4.78 is 0. The molecular weight excluding hydrogens is 216 g/mol. The lowest BCUT2D eigenvalue weighted by atomic mass is 10.1. The molecule has 0 saturated heterocycles. The van der Waals surface area contributed by atoms with Crippen LogP contribution in [0.4, 0.5) is 5.69 Å². The molecule has 1 fully saturated rings. The van der Waals surface area contributed by atoms with Crippen LogP contribution in [0.2, 0.25) is 0 Å². The smallest absolute Gasteiger partial charge is 0.269 e. The van der Waals surface area contributed by atoms with Gasteiger partial charge in [-0.1, -0.05) is 25.0 Å². The van der Waals surface area contributed by atoms with Crippen LogP contribution in [0.1, 0.15) is 31.2 Å². The second kappa shape index (κ2) is 5.77. The summed E-state index contributed by atoms with van der Waals surface area (Å²) in [7, 11) is 0. The molecule has 4 nitrogen and oxygen atoms in total. The van der Waals surface area contributed by atoms with Crippen molar-refractivity contribution in [3.63, 3.8) is 0 Å². The maximum Gasteiger partial charge on any atom is 0.269 e. The Bertz CT molecular complexity index is 370. The van der Waals surface area contributed by atoms with Gasteiger partial charge < -0.3 is 5.32 Å². The van der Waals surface area contributed by atoms with E-state index in [1.807, 2.05) is 12.1 Å². The molecule has 17 heavy (non-hydrogen) atoms. The zero-order valence-corrected chi connectivity index (χ0v) is 9.89. The van der Waals surface area contributed by atoms with E-state index >= 15 is 0 Å². The highest BCUT2D eigenvalue weighted by molar-refractivity contribution is 5.32. The van der Waals surface area contributed by atoms with Crippen LogP contribution in [0.15, 0.2) is 24.3 Å². The van der Waals surface area contributed by atoms with Crippen molar-refractivity contribution < 1.29 is 4.92 Å². The Hall–Kier alpha value is -1.42. The van der Waals surface area contributed by atoms with Crippen LogP contribution in [-0.4, -0.2) is 11.5 Å². The molecule has 1 aliphatic rings. The Morgan fingerprint density at radius 3 is 2.47 bits per heavy atom. The van der Waals surface area contributed by atoms with Gasteiger partial charge in [-0.25, -0.2) is 0 Å². The van der Waals surface area contributed by atoms with Gasteiger partial charge in [-0.3, -0.25) is 10.1 Å². The highest BCUT2D eigenvalue weighted by Crippen LogP contribution is 2.23. The van der Waals surface area contributed by atoms with E-state index in [-0.39, 0.29) is 10.6 Å². The monoisotopic (exact) mass is 234 g/mol. The molecule has 1 aromatic rings. The molecule has 0 aromatic heterocycles. The van der Waals surface area contributed by atoms with E-state index in [0.717, 1.165) is 24.6 Å². The summed E-state index contributed by atoms with van der Waals surface area (Å²) in [5, 5.41) is 13.9. The molecule has 1 aromatic carbocycles. The third-order valence-corrected chi connectivity index (χ3v) is 3.38. The maximum absolute atomic E-state index is 10.5. The number of non-ortho nitro benzene ring substituents is 1. The van der Waals surface area contributed by atoms with E-state index < -0.39 is 0 Å². The summed E-state index contributed by atoms with van der Waals surface area (Å²) in [6.45, 7) is 1.87. The SMILES string of the molecule is O=[N+]([O-])c1ccc(CNCC2CCCC2)cc1. The van der Waals surface area contributed by atoms with Crippen LogP contribution >= 0.6 is 0 Å². The largest absolute Gasteiger partial charge is 0.312 e. The van der Waals surface area contributed by atoms with Gasteiger partial charge in [0.05, 0.1) is 4.92 Å². The third kappa shape index (κ3) is 3.53. The summed E-state index contributed by atoms with van der Waals surface area (Å²) in [6, 6.07) is 6.76. The molecule has 4 heteroatoms. The molecule has 2 rings (SSSR count). The summed E-state index contributed by atoms with van der Waals surface area (Å²) in [6.07, 6.45) is 5.41. The first-order chi connectivity index (χ1) is 8.25. The van der Waals surface area contributed by atoms with Gasteiger partial charge in [-0.15, -0.1) is 0 Å². The number of nitrogens with zero attached hydrogens (tertiary/aromatic N) is 1. The van der Waals surface area contributed by atoms with E-state index in [1.54, 1.807) is 12.1 Å². The summed E-state index contributed by atoms with van der Waals surface area (Å²) >= 11 is 0. The van der Waals surface area contributed by atoms with Crippen LogP contribution in [-0.2, 0) is 6.54 Å². The van der Waals surface area contributed by atoms with Crippen molar-refractivity contribution in [3.05, 3.63) is 39.9 Å². The number of benzene rings is 1. The quantitative estimate of drug-likeness (QED) is 0.629. The Balaban J connectivity index is 1.76. The van der Waals surface area contributed by atoms with E-state index in [2.05, 4.69) is 5.32 Å². The Morgan fingerprint density at radius 2 is 1.88 bits per heavy atom. The fourth-order valence-electron chi connectivity index (χ4n) is 2.37. The molecule has 1 saturated carbocycles. The van der Waals surface area contributed by atoms with Crippen molar-refractivity contribution in [2.75, 3.05) is 6.54 Å². The molecular formula is C13H18N2O2. The number of nitrogens with one attached hydrogen (secondary N) is 1. The number of rotatable bonds is 5. The minimum atomic E-state index is -0.365. The number of nitro groups is 1. The highest BCUT2D eigenvalue weighted by Gasteiger charge is 2.13. The lowest BCUT2D eigenvalue weighted by Gasteiger charge is -2.10. The predicted octanol–water partition coefficient (Wildman–Crippen LogP) is 2.87. The second-order valence-corrected chi connectivity index (χ2v) is 4.70. The van der Waals surface area contributed by atoms with Gasteiger partial charge in [0.15, 0.2) is 0 Å². The molecule has 0 radical (unpaired) electrons. The molecule has 0 bridgehead atoms. The van der Waals surface area contributed by atoms with E-state index in [9.17, 15) is 10.1 Å². The van der Waals surface area contributed by atoms with Gasteiger partial charge in [0.25, 0.3) is 5.69 Å². The van der Waals surface area contributed by atoms with Gasteiger partial charge in [-0.05, 0) is 30.9 Å². The Kier molecular flexibility index (Phi) is 4.09. The van der Waals surface area contributed by atoms with Gasteiger partial charge in [-0.2, -0.15) is 0 Å². The van der Waals surface area contributed by atoms with Crippen LogP contribution in [0.3, 0.4) is 0 Å². The zero-order chi connectivity index (χ0) is 12.1. The van der Waals surface area contributed by atoms with Crippen molar-refractivity contribution in [1.29, 1.82) is 0 Å². The standard InChI is InChI=1S/C13H18N2O2/c16-15(17)13-7-5-12(6-8-13)10-14-9-11-3-1-2-4-11/h5-8,11,14H,1-4,9-10H2. The molecule has 0 aliphatic heterocycles. The first-order valence-corrected chi connectivity index (χ1v) is 6.20. The summed E-state index contributed by atoms with van der Waals surface area (Å²) in [5.41, 5.74) is 1.26. The van der Waals surface area contributed by atoms with Crippen molar-refractivity contribution in [3.8, 4) is 0 Å². The number of hydrogen-bond donors (Lipinski definition) is 1.